The molecule has 2 N–H and O–H groups in total. The van der Waals surface area contributed by atoms with E-state index in [0.29, 0.717) is 6.54 Å². The molecule has 0 aromatic heterocycles. The van der Waals surface area contributed by atoms with Crippen molar-refractivity contribution in [3.63, 3.8) is 0 Å². The second-order valence-electron chi connectivity index (χ2n) is 5.37. The normalized spacial score (nSPS) is 16.4. The molecule has 2 nitrogen and oxygen atoms in total. The van der Waals surface area contributed by atoms with Crippen LogP contribution in [-0.4, -0.2) is 13.6 Å². The molecule has 2 rings (SSSR count). The van der Waals surface area contributed by atoms with Crippen LogP contribution in [0.5, 0.6) is 0 Å². The van der Waals surface area contributed by atoms with Crippen LogP contribution >= 0.6 is 0 Å². The summed E-state index contributed by atoms with van der Waals surface area (Å²) in [6.07, 6.45) is 5.62. The Hall–Kier alpha value is -1.02. The van der Waals surface area contributed by atoms with Crippen LogP contribution in [0, 0.1) is 12.8 Å². The van der Waals surface area contributed by atoms with Crippen molar-refractivity contribution in [2.45, 2.75) is 39.2 Å². The molecule has 17 heavy (non-hydrogen) atoms. The summed E-state index contributed by atoms with van der Waals surface area (Å²) in [5, 5.41) is 0. The zero-order valence-corrected chi connectivity index (χ0v) is 11.1. The van der Waals surface area contributed by atoms with Gasteiger partial charge in [0.05, 0.1) is 0 Å². The smallest absolute Gasteiger partial charge is 0.0409 e. The lowest BCUT2D eigenvalue weighted by atomic mass is 10.1. The van der Waals surface area contributed by atoms with Gasteiger partial charge in [-0.05, 0) is 37.3 Å². The predicted molar refractivity (Wildman–Crippen MR) is 74.3 cm³/mol. The number of hydrogen-bond acceptors (Lipinski definition) is 2. The van der Waals surface area contributed by atoms with Crippen LogP contribution in [-0.2, 0) is 6.54 Å². The van der Waals surface area contributed by atoms with Crippen LogP contribution in [0.3, 0.4) is 0 Å². The summed E-state index contributed by atoms with van der Waals surface area (Å²) in [5.41, 5.74) is 9.71. The molecule has 1 aliphatic rings. The molecule has 0 amide bonds. The van der Waals surface area contributed by atoms with Crippen LogP contribution in [0.15, 0.2) is 18.2 Å². The van der Waals surface area contributed by atoms with Crippen LogP contribution < -0.4 is 10.6 Å². The van der Waals surface area contributed by atoms with E-state index in [2.05, 4.69) is 37.1 Å². The fraction of sp³-hybridized carbons (Fsp3) is 0.600. The lowest BCUT2D eigenvalue weighted by molar-refractivity contribution is 0.546. The van der Waals surface area contributed by atoms with Crippen molar-refractivity contribution in [3.05, 3.63) is 29.3 Å². The van der Waals surface area contributed by atoms with Crippen molar-refractivity contribution >= 4 is 5.69 Å². The minimum absolute atomic E-state index is 0.631. The van der Waals surface area contributed by atoms with Crippen LogP contribution in [0.4, 0.5) is 5.69 Å². The van der Waals surface area contributed by atoms with E-state index in [-0.39, 0.29) is 0 Å². The number of aryl methyl sites for hydroxylation is 1. The Bertz CT molecular complexity index is 367. The molecule has 94 valence electrons. The van der Waals surface area contributed by atoms with Gasteiger partial charge in [-0.25, -0.2) is 0 Å². The lowest BCUT2D eigenvalue weighted by Crippen LogP contribution is -2.25. The lowest BCUT2D eigenvalue weighted by Gasteiger charge is -2.25. The molecular formula is C15H24N2. The van der Waals surface area contributed by atoms with Crippen LogP contribution in [0.2, 0.25) is 0 Å². The summed E-state index contributed by atoms with van der Waals surface area (Å²) < 4.78 is 0. The third-order valence-corrected chi connectivity index (χ3v) is 3.87. The fourth-order valence-corrected chi connectivity index (χ4v) is 2.93. The topological polar surface area (TPSA) is 29.3 Å². The quantitative estimate of drug-likeness (QED) is 0.864. The van der Waals surface area contributed by atoms with Gasteiger partial charge in [-0.3, -0.25) is 0 Å². The van der Waals surface area contributed by atoms with Gasteiger partial charge in [0.1, 0.15) is 0 Å². The highest BCUT2D eigenvalue weighted by Crippen LogP contribution is 2.28. The zero-order chi connectivity index (χ0) is 12.3. The molecule has 0 radical (unpaired) electrons. The molecular weight excluding hydrogens is 208 g/mol. The van der Waals surface area contributed by atoms with E-state index >= 15 is 0 Å². The Morgan fingerprint density at radius 1 is 1.29 bits per heavy atom. The molecule has 0 heterocycles. The molecule has 1 aliphatic carbocycles. The summed E-state index contributed by atoms with van der Waals surface area (Å²) in [6.45, 7) is 3.93. The van der Waals surface area contributed by atoms with Crippen molar-refractivity contribution in [1.29, 1.82) is 0 Å². The highest BCUT2D eigenvalue weighted by molar-refractivity contribution is 5.54. The van der Waals surface area contributed by atoms with E-state index in [9.17, 15) is 0 Å². The van der Waals surface area contributed by atoms with E-state index in [1.54, 1.807) is 0 Å². The van der Waals surface area contributed by atoms with Gasteiger partial charge in [-0.15, -0.1) is 0 Å². The molecule has 0 aliphatic heterocycles. The van der Waals surface area contributed by atoms with Gasteiger partial charge >= 0.3 is 0 Å². The van der Waals surface area contributed by atoms with E-state index in [1.165, 1.54) is 49.0 Å². The van der Waals surface area contributed by atoms with Gasteiger partial charge in [0.15, 0.2) is 0 Å². The summed E-state index contributed by atoms with van der Waals surface area (Å²) in [5.74, 6) is 0.881. The Morgan fingerprint density at radius 3 is 2.65 bits per heavy atom. The monoisotopic (exact) mass is 232 g/mol. The summed E-state index contributed by atoms with van der Waals surface area (Å²) >= 11 is 0. The Kier molecular flexibility index (Phi) is 4.06. The zero-order valence-electron chi connectivity index (χ0n) is 11.1. The standard InChI is InChI=1S/C15H24N2/c1-12-7-8-15(14(9-12)10-16)17(2)11-13-5-3-4-6-13/h7-9,13H,3-6,10-11,16H2,1-2H3. The maximum atomic E-state index is 5.84. The first-order valence-electron chi connectivity index (χ1n) is 6.71. The summed E-state index contributed by atoms with van der Waals surface area (Å²) in [4.78, 5) is 2.39. The highest BCUT2D eigenvalue weighted by Gasteiger charge is 2.17. The molecule has 1 saturated carbocycles. The first-order valence-corrected chi connectivity index (χ1v) is 6.71. The average molecular weight is 232 g/mol. The minimum Gasteiger partial charge on any atom is -0.374 e. The Balaban J connectivity index is 2.09. The maximum absolute atomic E-state index is 5.84. The number of anilines is 1. The number of benzene rings is 1. The molecule has 0 spiro atoms. The van der Waals surface area contributed by atoms with Gasteiger partial charge in [-0.2, -0.15) is 0 Å². The van der Waals surface area contributed by atoms with E-state index in [0.717, 1.165) is 5.92 Å². The van der Waals surface area contributed by atoms with Gasteiger partial charge in [-0.1, -0.05) is 30.5 Å². The number of nitrogens with two attached hydrogens (primary N) is 1. The van der Waals surface area contributed by atoms with Gasteiger partial charge in [0.2, 0.25) is 0 Å². The highest BCUT2D eigenvalue weighted by atomic mass is 15.1. The summed E-state index contributed by atoms with van der Waals surface area (Å²) in [7, 11) is 2.20. The van der Waals surface area contributed by atoms with Gasteiger partial charge < -0.3 is 10.6 Å². The van der Waals surface area contributed by atoms with Crippen molar-refractivity contribution in [2.24, 2.45) is 11.7 Å². The van der Waals surface area contributed by atoms with E-state index in [4.69, 9.17) is 5.73 Å². The third-order valence-electron chi connectivity index (χ3n) is 3.87. The predicted octanol–water partition coefficient (Wildman–Crippen LogP) is 3.08. The molecule has 1 fully saturated rings. The third kappa shape index (κ3) is 3.01. The second-order valence-corrected chi connectivity index (χ2v) is 5.37. The van der Waals surface area contributed by atoms with Crippen LogP contribution in [0.1, 0.15) is 36.8 Å². The van der Waals surface area contributed by atoms with Gasteiger partial charge in [0.25, 0.3) is 0 Å². The van der Waals surface area contributed by atoms with Crippen molar-refractivity contribution in [3.8, 4) is 0 Å². The molecule has 0 atom stereocenters. The average Bonchev–Trinajstić information content (AvgIpc) is 2.81. The summed E-state index contributed by atoms with van der Waals surface area (Å²) in [6, 6.07) is 6.60. The molecule has 2 heteroatoms. The van der Waals surface area contributed by atoms with E-state index < -0.39 is 0 Å². The molecule has 0 unspecified atom stereocenters. The number of rotatable bonds is 4. The van der Waals surface area contributed by atoms with E-state index in [1.807, 2.05) is 0 Å². The Labute approximate surface area is 105 Å². The molecule has 1 aromatic carbocycles. The first kappa shape index (κ1) is 12.4. The Morgan fingerprint density at radius 2 is 2.00 bits per heavy atom. The van der Waals surface area contributed by atoms with Crippen molar-refractivity contribution in [1.82, 2.24) is 0 Å². The number of nitrogens with zero attached hydrogens (tertiary/aromatic N) is 1. The SMILES string of the molecule is Cc1ccc(N(C)CC2CCCC2)c(CN)c1. The molecule has 0 bridgehead atoms. The second kappa shape index (κ2) is 5.54. The van der Waals surface area contributed by atoms with Gasteiger partial charge in [0, 0.05) is 25.8 Å². The largest absolute Gasteiger partial charge is 0.374 e. The first-order chi connectivity index (χ1) is 8.20. The molecule has 0 saturated heterocycles. The van der Waals surface area contributed by atoms with Crippen LogP contribution in [0.25, 0.3) is 0 Å². The van der Waals surface area contributed by atoms with Crippen molar-refractivity contribution < 1.29 is 0 Å². The minimum atomic E-state index is 0.631. The van der Waals surface area contributed by atoms with Crippen molar-refractivity contribution in [2.75, 3.05) is 18.5 Å². The number of hydrogen-bond donors (Lipinski definition) is 1. The maximum Gasteiger partial charge on any atom is 0.0409 e. The fourth-order valence-electron chi connectivity index (χ4n) is 2.93. The molecule has 1 aromatic rings.